The molecule has 0 spiro atoms. The van der Waals surface area contributed by atoms with Crippen molar-refractivity contribution in [3.05, 3.63) is 0 Å². The van der Waals surface area contributed by atoms with Crippen molar-refractivity contribution in [2.75, 3.05) is 13.1 Å². The average Bonchev–Trinajstić information content (AvgIpc) is 2.18. The molecule has 1 saturated heterocycles. The van der Waals surface area contributed by atoms with Crippen molar-refractivity contribution >= 4 is 0 Å². The Balaban J connectivity index is 2.31. The Morgan fingerprint density at radius 1 is 1.38 bits per heavy atom. The van der Waals surface area contributed by atoms with Crippen LogP contribution < -0.4 is 5.32 Å². The van der Waals surface area contributed by atoms with Crippen LogP contribution in [0.3, 0.4) is 0 Å². The van der Waals surface area contributed by atoms with Crippen molar-refractivity contribution in [1.29, 1.82) is 0 Å². The van der Waals surface area contributed by atoms with Crippen LogP contribution in [0.15, 0.2) is 0 Å². The average molecular weight is 185 g/mol. The van der Waals surface area contributed by atoms with Gasteiger partial charge in [0.2, 0.25) is 0 Å². The number of nitrogens with one attached hydrogen (secondary N) is 1. The normalized spacial score (nSPS) is 24.2. The third-order valence-corrected chi connectivity index (χ3v) is 3.19. The molecule has 1 rings (SSSR count). The topological polar surface area (TPSA) is 32.3 Å². The molecule has 0 saturated carbocycles. The first-order valence-corrected chi connectivity index (χ1v) is 5.64. The fourth-order valence-electron chi connectivity index (χ4n) is 2.28. The van der Waals surface area contributed by atoms with Gasteiger partial charge in [-0.05, 0) is 44.2 Å². The zero-order valence-electron chi connectivity index (χ0n) is 8.92. The Morgan fingerprint density at radius 3 is 2.54 bits per heavy atom. The molecule has 1 heterocycles. The minimum atomic E-state index is -0.0675. The highest BCUT2D eigenvalue weighted by molar-refractivity contribution is 4.78. The van der Waals surface area contributed by atoms with E-state index in [0.29, 0.717) is 11.8 Å². The SMILES string of the molecule is CCCC(C)C(O)C1CCNCC1. The van der Waals surface area contributed by atoms with E-state index >= 15 is 0 Å². The van der Waals surface area contributed by atoms with Crippen LogP contribution in [-0.2, 0) is 0 Å². The van der Waals surface area contributed by atoms with Gasteiger partial charge >= 0.3 is 0 Å². The first-order chi connectivity index (χ1) is 6.25. The van der Waals surface area contributed by atoms with Gasteiger partial charge in [-0.15, -0.1) is 0 Å². The van der Waals surface area contributed by atoms with E-state index in [-0.39, 0.29) is 6.10 Å². The van der Waals surface area contributed by atoms with Gasteiger partial charge in [0, 0.05) is 0 Å². The van der Waals surface area contributed by atoms with Gasteiger partial charge in [0.15, 0.2) is 0 Å². The van der Waals surface area contributed by atoms with E-state index in [1.807, 2.05) is 0 Å². The molecule has 2 atom stereocenters. The molecule has 78 valence electrons. The lowest BCUT2D eigenvalue weighted by Crippen LogP contribution is -2.36. The molecule has 2 N–H and O–H groups in total. The molecule has 2 nitrogen and oxygen atoms in total. The van der Waals surface area contributed by atoms with Gasteiger partial charge in [0.25, 0.3) is 0 Å². The molecule has 1 fully saturated rings. The zero-order valence-corrected chi connectivity index (χ0v) is 8.92. The lowest BCUT2D eigenvalue weighted by Gasteiger charge is -2.30. The second-order valence-electron chi connectivity index (χ2n) is 4.34. The second kappa shape index (κ2) is 5.61. The van der Waals surface area contributed by atoms with Gasteiger partial charge in [0.05, 0.1) is 6.10 Å². The lowest BCUT2D eigenvalue weighted by molar-refractivity contribution is 0.0395. The van der Waals surface area contributed by atoms with Crippen molar-refractivity contribution in [1.82, 2.24) is 5.32 Å². The van der Waals surface area contributed by atoms with Crippen LogP contribution in [-0.4, -0.2) is 24.3 Å². The molecule has 0 aromatic rings. The van der Waals surface area contributed by atoms with E-state index in [2.05, 4.69) is 19.2 Å². The van der Waals surface area contributed by atoms with Crippen LogP contribution in [0.1, 0.15) is 39.5 Å². The minimum absolute atomic E-state index is 0.0675. The third-order valence-electron chi connectivity index (χ3n) is 3.19. The summed E-state index contributed by atoms with van der Waals surface area (Å²) in [5.74, 6) is 1.02. The molecular weight excluding hydrogens is 162 g/mol. The summed E-state index contributed by atoms with van der Waals surface area (Å²) in [7, 11) is 0. The van der Waals surface area contributed by atoms with Crippen LogP contribution in [0.4, 0.5) is 0 Å². The van der Waals surface area contributed by atoms with Gasteiger partial charge in [-0.3, -0.25) is 0 Å². The summed E-state index contributed by atoms with van der Waals surface area (Å²) in [6.45, 7) is 6.53. The molecular formula is C11H23NO. The van der Waals surface area contributed by atoms with Crippen LogP contribution >= 0.6 is 0 Å². The van der Waals surface area contributed by atoms with E-state index < -0.39 is 0 Å². The standard InChI is InChI=1S/C11H23NO/c1-3-4-9(2)11(13)10-5-7-12-8-6-10/h9-13H,3-8H2,1-2H3. The quantitative estimate of drug-likeness (QED) is 0.700. The molecule has 1 aliphatic heterocycles. The summed E-state index contributed by atoms with van der Waals surface area (Å²) < 4.78 is 0. The molecule has 2 unspecified atom stereocenters. The van der Waals surface area contributed by atoms with Crippen molar-refractivity contribution in [2.24, 2.45) is 11.8 Å². The maximum atomic E-state index is 10.0. The zero-order chi connectivity index (χ0) is 9.68. The largest absolute Gasteiger partial charge is 0.393 e. The van der Waals surface area contributed by atoms with E-state index in [0.717, 1.165) is 32.4 Å². The fourth-order valence-corrected chi connectivity index (χ4v) is 2.28. The summed E-state index contributed by atoms with van der Waals surface area (Å²) in [6.07, 6.45) is 4.57. The highest BCUT2D eigenvalue weighted by atomic mass is 16.3. The van der Waals surface area contributed by atoms with Crippen LogP contribution in [0, 0.1) is 11.8 Å². The molecule has 0 bridgehead atoms. The summed E-state index contributed by atoms with van der Waals surface area (Å²) >= 11 is 0. The van der Waals surface area contributed by atoms with E-state index in [1.165, 1.54) is 6.42 Å². The molecule has 13 heavy (non-hydrogen) atoms. The van der Waals surface area contributed by atoms with Crippen molar-refractivity contribution in [3.8, 4) is 0 Å². The molecule has 0 aliphatic carbocycles. The summed E-state index contributed by atoms with van der Waals surface area (Å²) in [6, 6.07) is 0. The first-order valence-electron chi connectivity index (χ1n) is 5.64. The number of hydrogen-bond donors (Lipinski definition) is 2. The highest BCUT2D eigenvalue weighted by Gasteiger charge is 2.25. The van der Waals surface area contributed by atoms with Gasteiger partial charge < -0.3 is 10.4 Å². The number of aliphatic hydroxyl groups excluding tert-OH is 1. The van der Waals surface area contributed by atoms with Crippen molar-refractivity contribution in [3.63, 3.8) is 0 Å². The Morgan fingerprint density at radius 2 is 2.00 bits per heavy atom. The van der Waals surface area contributed by atoms with Crippen LogP contribution in [0.2, 0.25) is 0 Å². The summed E-state index contributed by atoms with van der Waals surface area (Å²) in [5.41, 5.74) is 0. The Bertz CT molecular complexity index is 132. The Labute approximate surface area is 81.7 Å². The second-order valence-corrected chi connectivity index (χ2v) is 4.34. The summed E-state index contributed by atoms with van der Waals surface area (Å²) in [5, 5.41) is 13.4. The number of rotatable bonds is 4. The van der Waals surface area contributed by atoms with Gasteiger partial charge in [-0.25, -0.2) is 0 Å². The summed E-state index contributed by atoms with van der Waals surface area (Å²) in [4.78, 5) is 0. The van der Waals surface area contributed by atoms with Gasteiger partial charge in [0.1, 0.15) is 0 Å². The Kier molecular flexibility index (Phi) is 4.74. The van der Waals surface area contributed by atoms with Crippen molar-refractivity contribution in [2.45, 2.75) is 45.6 Å². The molecule has 0 aromatic carbocycles. The molecule has 0 amide bonds. The van der Waals surface area contributed by atoms with E-state index in [4.69, 9.17) is 0 Å². The van der Waals surface area contributed by atoms with Crippen LogP contribution in [0.5, 0.6) is 0 Å². The van der Waals surface area contributed by atoms with Crippen LogP contribution in [0.25, 0.3) is 0 Å². The Hall–Kier alpha value is -0.0800. The van der Waals surface area contributed by atoms with Gasteiger partial charge in [-0.1, -0.05) is 20.3 Å². The molecule has 1 aliphatic rings. The maximum absolute atomic E-state index is 10.0. The fraction of sp³-hybridized carbons (Fsp3) is 1.00. The monoisotopic (exact) mass is 185 g/mol. The molecule has 0 aromatic heterocycles. The minimum Gasteiger partial charge on any atom is -0.393 e. The lowest BCUT2D eigenvalue weighted by atomic mass is 9.84. The predicted octanol–water partition coefficient (Wildman–Crippen LogP) is 1.78. The van der Waals surface area contributed by atoms with E-state index in [1.54, 1.807) is 0 Å². The van der Waals surface area contributed by atoms with Gasteiger partial charge in [-0.2, -0.15) is 0 Å². The first kappa shape index (κ1) is 11.0. The maximum Gasteiger partial charge on any atom is 0.0594 e. The number of piperidine rings is 1. The number of hydrogen-bond acceptors (Lipinski definition) is 2. The van der Waals surface area contributed by atoms with E-state index in [9.17, 15) is 5.11 Å². The molecule has 0 radical (unpaired) electrons. The smallest absolute Gasteiger partial charge is 0.0594 e. The third kappa shape index (κ3) is 3.28. The van der Waals surface area contributed by atoms with Crippen molar-refractivity contribution < 1.29 is 5.11 Å². The predicted molar refractivity (Wildman–Crippen MR) is 55.7 cm³/mol. The molecule has 2 heteroatoms. The highest BCUT2D eigenvalue weighted by Crippen LogP contribution is 2.24. The number of aliphatic hydroxyl groups is 1.